The van der Waals surface area contributed by atoms with Crippen LogP contribution in [0.25, 0.3) is 17.2 Å². The third kappa shape index (κ3) is 2.93. The summed E-state index contributed by atoms with van der Waals surface area (Å²) in [5.74, 6) is 0.135. The summed E-state index contributed by atoms with van der Waals surface area (Å²) in [6.45, 7) is 3.69. The molecule has 0 spiro atoms. The standard InChI is InChI=1S/C17H18N6O2/c1-9-7-11(14(18)24)5-6-12(9)15-20-17-19-13(16(25)22(3)4)8-10(2)23(17)21-15/h5-8H,1-4H3,(H2,18,24). The maximum absolute atomic E-state index is 12.1. The molecule has 8 nitrogen and oxygen atoms in total. The zero-order chi connectivity index (χ0) is 18.3. The third-order valence-corrected chi connectivity index (χ3v) is 3.87. The minimum atomic E-state index is -0.484. The van der Waals surface area contributed by atoms with E-state index in [0.29, 0.717) is 22.9 Å². The van der Waals surface area contributed by atoms with Gasteiger partial charge in [-0.2, -0.15) is 4.98 Å². The summed E-state index contributed by atoms with van der Waals surface area (Å²) in [6, 6.07) is 6.77. The van der Waals surface area contributed by atoms with Crippen LogP contribution in [0.4, 0.5) is 0 Å². The van der Waals surface area contributed by atoms with Gasteiger partial charge in [-0.1, -0.05) is 6.07 Å². The molecular formula is C17H18N6O2. The number of benzene rings is 1. The first-order chi connectivity index (χ1) is 11.8. The Hall–Kier alpha value is -3.29. The van der Waals surface area contributed by atoms with Crippen molar-refractivity contribution in [1.82, 2.24) is 24.5 Å². The van der Waals surface area contributed by atoms with Crippen molar-refractivity contribution < 1.29 is 9.59 Å². The van der Waals surface area contributed by atoms with Gasteiger partial charge in [-0.05, 0) is 37.6 Å². The van der Waals surface area contributed by atoms with Gasteiger partial charge in [0.25, 0.3) is 11.7 Å². The number of aryl methyl sites for hydroxylation is 2. The number of hydrogen-bond acceptors (Lipinski definition) is 5. The molecule has 0 aliphatic heterocycles. The number of carbonyl (C=O) groups excluding carboxylic acids is 2. The topological polar surface area (TPSA) is 106 Å². The fourth-order valence-electron chi connectivity index (χ4n) is 2.53. The van der Waals surface area contributed by atoms with Gasteiger partial charge in [0.1, 0.15) is 5.69 Å². The molecule has 0 fully saturated rings. The van der Waals surface area contributed by atoms with Crippen molar-refractivity contribution in [1.29, 1.82) is 0 Å². The SMILES string of the molecule is Cc1cc(C(N)=O)ccc1-c1nc2nc(C(=O)N(C)C)cc(C)n2n1. The van der Waals surface area contributed by atoms with E-state index >= 15 is 0 Å². The van der Waals surface area contributed by atoms with Gasteiger partial charge in [0.2, 0.25) is 5.91 Å². The van der Waals surface area contributed by atoms with Crippen LogP contribution in [0.3, 0.4) is 0 Å². The molecule has 0 aliphatic carbocycles. The summed E-state index contributed by atoms with van der Waals surface area (Å²) in [7, 11) is 3.34. The number of amides is 2. The summed E-state index contributed by atoms with van der Waals surface area (Å²) in [6.07, 6.45) is 0. The maximum Gasteiger partial charge on any atom is 0.272 e. The average molecular weight is 338 g/mol. The van der Waals surface area contributed by atoms with E-state index in [2.05, 4.69) is 15.1 Å². The largest absolute Gasteiger partial charge is 0.366 e. The molecule has 1 aromatic carbocycles. The van der Waals surface area contributed by atoms with Crippen LogP contribution < -0.4 is 5.73 Å². The van der Waals surface area contributed by atoms with Crippen molar-refractivity contribution in [3.8, 4) is 11.4 Å². The number of aromatic nitrogens is 4. The number of hydrogen-bond donors (Lipinski definition) is 1. The summed E-state index contributed by atoms with van der Waals surface area (Å²) in [5.41, 5.74) is 8.40. The Kier molecular flexibility index (Phi) is 3.96. The van der Waals surface area contributed by atoms with E-state index in [4.69, 9.17) is 5.73 Å². The van der Waals surface area contributed by atoms with Crippen LogP contribution in [0.1, 0.15) is 32.1 Å². The highest BCUT2D eigenvalue weighted by molar-refractivity contribution is 5.94. The fourth-order valence-corrected chi connectivity index (χ4v) is 2.53. The molecule has 0 radical (unpaired) electrons. The van der Waals surface area contributed by atoms with Crippen LogP contribution in [0, 0.1) is 13.8 Å². The van der Waals surface area contributed by atoms with Crippen LogP contribution in [-0.4, -0.2) is 50.4 Å². The fraction of sp³-hybridized carbons (Fsp3) is 0.235. The van der Waals surface area contributed by atoms with E-state index in [1.165, 1.54) is 4.90 Å². The van der Waals surface area contributed by atoms with Crippen LogP contribution in [0.2, 0.25) is 0 Å². The molecule has 2 amide bonds. The lowest BCUT2D eigenvalue weighted by atomic mass is 10.0. The van der Waals surface area contributed by atoms with Gasteiger partial charge in [-0.25, -0.2) is 9.50 Å². The molecule has 0 unspecified atom stereocenters. The Morgan fingerprint density at radius 2 is 1.84 bits per heavy atom. The minimum Gasteiger partial charge on any atom is -0.366 e. The zero-order valence-corrected chi connectivity index (χ0v) is 14.4. The number of carbonyl (C=O) groups is 2. The van der Waals surface area contributed by atoms with Crippen molar-refractivity contribution in [3.05, 3.63) is 46.8 Å². The Labute approximate surface area is 144 Å². The van der Waals surface area contributed by atoms with Crippen molar-refractivity contribution in [2.45, 2.75) is 13.8 Å². The Balaban J connectivity index is 2.12. The van der Waals surface area contributed by atoms with Crippen LogP contribution in [0.15, 0.2) is 24.3 Å². The molecule has 3 aromatic rings. The van der Waals surface area contributed by atoms with E-state index in [1.54, 1.807) is 42.9 Å². The van der Waals surface area contributed by atoms with Crippen LogP contribution in [0.5, 0.6) is 0 Å². The second-order valence-corrected chi connectivity index (χ2v) is 6.02. The molecule has 128 valence electrons. The Morgan fingerprint density at radius 3 is 2.44 bits per heavy atom. The molecule has 2 aromatic heterocycles. The van der Waals surface area contributed by atoms with E-state index in [1.807, 2.05) is 13.8 Å². The average Bonchev–Trinajstić information content (AvgIpc) is 2.98. The molecule has 3 rings (SSSR count). The zero-order valence-electron chi connectivity index (χ0n) is 14.4. The van der Waals surface area contributed by atoms with Crippen molar-refractivity contribution in [2.75, 3.05) is 14.1 Å². The predicted molar refractivity (Wildman–Crippen MR) is 92.2 cm³/mol. The lowest BCUT2D eigenvalue weighted by molar-refractivity contribution is 0.0821. The number of nitrogens with two attached hydrogens (primary N) is 1. The predicted octanol–water partition coefficient (Wildman–Crippen LogP) is 1.21. The van der Waals surface area contributed by atoms with Gasteiger partial charge in [0.05, 0.1) is 0 Å². The molecule has 25 heavy (non-hydrogen) atoms. The first-order valence-corrected chi connectivity index (χ1v) is 7.65. The second-order valence-electron chi connectivity index (χ2n) is 6.02. The highest BCUT2D eigenvalue weighted by Gasteiger charge is 2.17. The summed E-state index contributed by atoms with van der Waals surface area (Å²) in [5, 5.41) is 4.47. The summed E-state index contributed by atoms with van der Waals surface area (Å²) < 4.78 is 1.59. The van der Waals surface area contributed by atoms with Crippen molar-refractivity contribution in [2.24, 2.45) is 5.73 Å². The molecule has 0 saturated heterocycles. The smallest absolute Gasteiger partial charge is 0.272 e. The lowest BCUT2D eigenvalue weighted by Gasteiger charge is -2.09. The normalized spacial score (nSPS) is 10.9. The quantitative estimate of drug-likeness (QED) is 0.772. The number of primary amides is 1. The monoisotopic (exact) mass is 338 g/mol. The number of fused-ring (bicyclic) bond motifs is 1. The molecule has 8 heteroatoms. The van der Waals surface area contributed by atoms with Gasteiger partial charge < -0.3 is 10.6 Å². The van der Waals surface area contributed by atoms with Crippen LogP contribution in [-0.2, 0) is 0 Å². The van der Waals surface area contributed by atoms with Gasteiger partial charge in [-0.3, -0.25) is 9.59 Å². The molecule has 2 heterocycles. The molecule has 2 N–H and O–H groups in total. The summed E-state index contributed by atoms with van der Waals surface area (Å²) >= 11 is 0. The second kappa shape index (κ2) is 5.97. The number of rotatable bonds is 3. The Bertz CT molecular complexity index is 1010. The van der Waals surface area contributed by atoms with Gasteiger partial charge in [0.15, 0.2) is 5.82 Å². The van der Waals surface area contributed by atoms with Crippen LogP contribution >= 0.6 is 0 Å². The summed E-state index contributed by atoms with van der Waals surface area (Å²) in [4.78, 5) is 33.6. The highest BCUT2D eigenvalue weighted by atomic mass is 16.2. The van der Waals surface area contributed by atoms with E-state index < -0.39 is 5.91 Å². The van der Waals surface area contributed by atoms with Crippen molar-refractivity contribution in [3.63, 3.8) is 0 Å². The van der Waals surface area contributed by atoms with Gasteiger partial charge in [0, 0.05) is 30.9 Å². The van der Waals surface area contributed by atoms with Crippen molar-refractivity contribution >= 4 is 17.6 Å². The first-order valence-electron chi connectivity index (χ1n) is 7.65. The molecule has 0 saturated carbocycles. The molecule has 0 bridgehead atoms. The van der Waals surface area contributed by atoms with E-state index in [-0.39, 0.29) is 5.91 Å². The first kappa shape index (κ1) is 16.6. The third-order valence-electron chi connectivity index (χ3n) is 3.87. The highest BCUT2D eigenvalue weighted by Crippen LogP contribution is 2.22. The molecule has 0 atom stereocenters. The minimum absolute atomic E-state index is 0.197. The molecule has 0 aliphatic rings. The lowest BCUT2D eigenvalue weighted by Crippen LogP contribution is -2.23. The number of nitrogens with zero attached hydrogens (tertiary/aromatic N) is 5. The van der Waals surface area contributed by atoms with Gasteiger partial charge >= 0.3 is 0 Å². The maximum atomic E-state index is 12.1. The molecular weight excluding hydrogens is 320 g/mol. The van der Waals surface area contributed by atoms with E-state index in [9.17, 15) is 9.59 Å². The Morgan fingerprint density at radius 1 is 1.12 bits per heavy atom. The van der Waals surface area contributed by atoms with E-state index in [0.717, 1.165) is 16.8 Å². The van der Waals surface area contributed by atoms with Gasteiger partial charge in [-0.15, -0.1) is 5.10 Å².